The maximum Gasteiger partial charge on any atom is 0.389 e. The number of benzene rings is 1. The first-order chi connectivity index (χ1) is 17.1. The number of rotatable bonds is 7. The number of aryl methyl sites for hydroxylation is 1. The summed E-state index contributed by atoms with van der Waals surface area (Å²) in [5.74, 6) is 0.00147. The van der Waals surface area contributed by atoms with E-state index in [2.05, 4.69) is 25.8 Å². The minimum Gasteiger partial charge on any atom is -0.394 e. The van der Waals surface area contributed by atoms with E-state index in [9.17, 15) is 23.1 Å². The first kappa shape index (κ1) is 25.5. The van der Waals surface area contributed by atoms with E-state index in [-0.39, 0.29) is 19.2 Å². The Bertz CT molecular complexity index is 1200. The second-order valence-electron chi connectivity index (χ2n) is 9.22. The van der Waals surface area contributed by atoms with Gasteiger partial charge in [0.15, 0.2) is 0 Å². The van der Waals surface area contributed by atoms with Crippen LogP contribution in [0.15, 0.2) is 42.7 Å². The molecular formula is C25H29F3N6O2. The number of aliphatic hydroxyl groups is 1. The van der Waals surface area contributed by atoms with Gasteiger partial charge in [0, 0.05) is 43.0 Å². The lowest BCUT2D eigenvalue weighted by atomic mass is 9.99. The van der Waals surface area contributed by atoms with Crippen molar-refractivity contribution in [2.24, 2.45) is 5.92 Å². The number of hydrogen-bond acceptors (Lipinski definition) is 5. The van der Waals surface area contributed by atoms with Crippen LogP contribution in [0.4, 0.5) is 29.5 Å². The summed E-state index contributed by atoms with van der Waals surface area (Å²) in [4.78, 5) is 18.8. The molecule has 3 heterocycles. The Morgan fingerprint density at radius 1 is 1.28 bits per heavy atom. The van der Waals surface area contributed by atoms with Gasteiger partial charge in [0.1, 0.15) is 5.82 Å². The van der Waals surface area contributed by atoms with Crippen LogP contribution in [-0.2, 0) is 0 Å². The number of aromatic nitrogens is 3. The number of pyridine rings is 1. The quantitative estimate of drug-likeness (QED) is 0.362. The summed E-state index contributed by atoms with van der Waals surface area (Å²) in [6, 6.07) is 8.64. The van der Waals surface area contributed by atoms with Gasteiger partial charge in [-0.2, -0.15) is 18.3 Å². The average Bonchev–Trinajstić information content (AvgIpc) is 3.51. The normalized spacial score (nSPS) is 16.7. The molecule has 1 fully saturated rings. The lowest BCUT2D eigenvalue weighted by molar-refractivity contribution is -0.143. The number of hydrogen-bond donors (Lipinski definition) is 4. The third kappa shape index (κ3) is 6.34. The van der Waals surface area contributed by atoms with Crippen LogP contribution in [0.2, 0.25) is 0 Å². The first-order valence-electron chi connectivity index (χ1n) is 11.7. The van der Waals surface area contributed by atoms with Gasteiger partial charge >= 0.3 is 12.2 Å². The number of aromatic amines is 1. The smallest absolute Gasteiger partial charge is 0.389 e. The standard InChI is InChI=1S/C25H29F3N6O2/c1-15-3-4-20(32-24(36)34-6-5-17(13-34)10-25(26,27)28)9-21(15)18-7-22(19-11-29-30-12-19)33-23(8-18)31-16(2)14-35/h3-4,7-9,11-12,16-17,35H,5-6,10,13-14H2,1-2H3,(H,29,30)(H,31,33)(H,32,36)/t16-,17?/m0/s1. The first-order valence-corrected chi connectivity index (χ1v) is 11.7. The molecule has 36 heavy (non-hydrogen) atoms. The maximum atomic E-state index is 12.8. The molecule has 1 aliphatic rings. The summed E-state index contributed by atoms with van der Waals surface area (Å²) in [6.07, 6.45) is -1.38. The minimum absolute atomic E-state index is 0.0617. The number of nitrogens with one attached hydrogen (secondary N) is 3. The summed E-state index contributed by atoms with van der Waals surface area (Å²) >= 11 is 0. The predicted octanol–water partition coefficient (Wildman–Crippen LogP) is 5.05. The Balaban J connectivity index is 1.57. The van der Waals surface area contributed by atoms with E-state index < -0.39 is 24.5 Å². The van der Waals surface area contributed by atoms with Crippen LogP contribution in [0.25, 0.3) is 22.4 Å². The number of carbonyl (C=O) groups is 1. The highest BCUT2D eigenvalue weighted by Gasteiger charge is 2.36. The van der Waals surface area contributed by atoms with Crippen molar-refractivity contribution in [2.45, 2.75) is 38.9 Å². The van der Waals surface area contributed by atoms with E-state index in [1.165, 1.54) is 4.90 Å². The third-order valence-electron chi connectivity index (χ3n) is 6.18. The molecule has 2 amide bonds. The summed E-state index contributed by atoms with van der Waals surface area (Å²) < 4.78 is 38.2. The summed E-state index contributed by atoms with van der Waals surface area (Å²) in [6.45, 7) is 4.10. The number of amides is 2. The molecule has 1 aliphatic heterocycles. The molecule has 192 valence electrons. The Morgan fingerprint density at radius 2 is 2.08 bits per heavy atom. The van der Waals surface area contributed by atoms with Crippen molar-refractivity contribution >= 4 is 17.5 Å². The molecule has 1 aromatic carbocycles. The van der Waals surface area contributed by atoms with Gasteiger partial charge in [-0.1, -0.05) is 6.07 Å². The molecule has 4 rings (SSSR count). The minimum atomic E-state index is -4.23. The Hall–Kier alpha value is -3.60. The van der Waals surface area contributed by atoms with Gasteiger partial charge < -0.3 is 20.6 Å². The molecule has 0 aliphatic carbocycles. The summed E-state index contributed by atoms with van der Waals surface area (Å²) in [5.41, 5.74) is 4.67. The highest BCUT2D eigenvalue weighted by Crippen LogP contribution is 2.33. The summed E-state index contributed by atoms with van der Waals surface area (Å²) in [7, 11) is 0. The molecule has 2 atom stereocenters. The zero-order chi connectivity index (χ0) is 25.9. The van der Waals surface area contributed by atoms with Crippen molar-refractivity contribution in [1.82, 2.24) is 20.1 Å². The van der Waals surface area contributed by atoms with Crippen LogP contribution >= 0.6 is 0 Å². The Morgan fingerprint density at radius 3 is 2.78 bits per heavy atom. The number of alkyl halides is 3. The van der Waals surface area contributed by atoms with Crippen LogP contribution < -0.4 is 10.6 Å². The van der Waals surface area contributed by atoms with E-state index in [1.54, 1.807) is 18.5 Å². The monoisotopic (exact) mass is 502 g/mol. The van der Waals surface area contributed by atoms with Gasteiger partial charge in [0.25, 0.3) is 0 Å². The number of aliphatic hydroxyl groups excluding tert-OH is 1. The lowest BCUT2D eigenvalue weighted by Gasteiger charge is -2.19. The fraction of sp³-hybridized carbons (Fsp3) is 0.400. The SMILES string of the molecule is Cc1ccc(NC(=O)N2CCC(CC(F)(F)F)C2)cc1-c1cc(N[C@@H](C)CO)nc(-c2cn[nH]c2)c1. The van der Waals surface area contributed by atoms with E-state index in [1.807, 2.05) is 38.1 Å². The number of halogens is 3. The van der Waals surface area contributed by atoms with Crippen LogP contribution in [0, 0.1) is 12.8 Å². The Labute approximate surface area is 206 Å². The van der Waals surface area contributed by atoms with Gasteiger partial charge in [0.2, 0.25) is 0 Å². The second kappa shape index (κ2) is 10.6. The molecule has 0 bridgehead atoms. The van der Waals surface area contributed by atoms with Gasteiger partial charge in [-0.05, 0) is 67.1 Å². The molecule has 3 aromatic rings. The highest BCUT2D eigenvalue weighted by molar-refractivity contribution is 5.91. The third-order valence-corrected chi connectivity index (χ3v) is 6.18. The maximum absolute atomic E-state index is 12.8. The summed E-state index contributed by atoms with van der Waals surface area (Å²) in [5, 5.41) is 22.2. The van der Waals surface area contributed by atoms with E-state index in [0.29, 0.717) is 30.2 Å². The van der Waals surface area contributed by atoms with E-state index in [0.717, 1.165) is 22.3 Å². The lowest BCUT2D eigenvalue weighted by Crippen LogP contribution is -2.33. The van der Waals surface area contributed by atoms with Crippen LogP contribution in [-0.4, -0.2) is 63.1 Å². The molecule has 1 saturated heterocycles. The van der Waals surface area contributed by atoms with Crippen molar-refractivity contribution in [2.75, 3.05) is 30.3 Å². The predicted molar refractivity (Wildman–Crippen MR) is 132 cm³/mol. The van der Waals surface area contributed by atoms with Gasteiger partial charge in [0.05, 0.1) is 18.5 Å². The average molecular weight is 503 g/mol. The second-order valence-corrected chi connectivity index (χ2v) is 9.22. The van der Waals surface area contributed by atoms with Crippen molar-refractivity contribution in [3.05, 3.63) is 48.3 Å². The van der Waals surface area contributed by atoms with Crippen molar-refractivity contribution in [3.63, 3.8) is 0 Å². The van der Waals surface area contributed by atoms with Crippen molar-refractivity contribution in [3.8, 4) is 22.4 Å². The number of anilines is 2. The van der Waals surface area contributed by atoms with Crippen molar-refractivity contribution < 1.29 is 23.1 Å². The van der Waals surface area contributed by atoms with Crippen LogP contribution in [0.1, 0.15) is 25.3 Å². The molecule has 8 nitrogen and oxygen atoms in total. The molecule has 0 radical (unpaired) electrons. The molecule has 1 unspecified atom stereocenters. The van der Waals surface area contributed by atoms with Crippen LogP contribution in [0.5, 0.6) is 0 Å². The highest BCUT2D eigenvalue weighted by atomic mass is 19.4. The van der Waals surface area contributed by atoms with Gasteiger partial charge in [-0.3, -0.25) is 5.10 Å². The number of urea groups is 1. The van der Waals surface area contributed by atoms with Crippen LogP contribution in [0.3, 0.4) is 0 Å². The molecule has 0 spiro atoms. The molecule has 4 N–H and O–H groups in total. The number of H-pyrrole nitrogens is 1. The zero-order valence-corrected chi connectivity index (χ0v) is 20.1. The molecular weight excluding hydrogens is 473 g/mol. The number of likely N-dealkylation sites (tertiary alicyclic amines) is 1. The zero-order valence-electron chi connectivity index (χ0n) is 20.1. The molecule has 2 aromatic heterocycles. The molecule has 11 heteroatoms. The van der Waals surface area contributed by atoms with Crippen molar-refractivity contribution in [1.29, 1.82) is 0 Å². The van der Waals surface area contributed by atoms with E-state index in [4.69, 9.17) is 0 Å². The molecule has 0 saturated carbocycles. The fourth-order valence-electron chi connectivity index (χ4n) is 4.32. The number of carbonyl (C=O) groups excluding carboxylic acids is 1. The largest absolute Gasteiger partial charge is 0.394 e. The topological polar surface area (TPSA) is 106 Å². The van der Waals surface area contributed by atoms with E-state index >= 15 is 0 Å². The number of nitrogens with zero attached hydrogens (tertiary/aromatic N) is 3. The fourth-order valence-corrected chi connectivity index (χ4v) is 4.32. The Kier molecular flexibility index (Phi) is 7.48. The van der Waals surface area contributed by atoms with Gasteiger partial charge in [-0.15, -0.1) is 0 Å². The van der Waals surface area contributed by atoms with Gasteiger partial charge in [-0.25, -0.2) is 9.78 Å².